The van der Waals surface area contributed by atoms with Crippen molar-refractivity contribution in [2.45, 2.75) is 52.0 Å². The van der Waals surface area contributed by atoms with Crippen LogP contribution in [0.2, 0.25) is 0 Å². The van der Waals surface area contributed by atoms with E-state index in [-0.39, 0.29) is 17.4 Å². The highest BCUT2D eigenvalue weighted by Crippen LogP contribution is 2.13. The summed E-state index contributed by atoms with van der Waals surface area (Å²) >= 11 is 0. The minimum atomic E-state index is -0.289. The average Bonchev–Trinajstić information content (AvgIpc) is 2.74. The molecule has 0 radical (unpaired) electrons. The molecule has 1 aromatic carbocycles. The van der Waals surface area contributed by atoms with Crippen LogP contribution in [0.4, 0.5) is 5.69 Å². The van der Waals surface area contributed by atoms with Crippen molar-refractivity contribution in [3.05, 3.63) is 29.8 Å². The molecule has 0 unspecified atom stereocenters. The molecule has 1 aliphatic heterocycles. The van der Waals surface area contributed by atoms with Gasteiger partial charge in [0.1, 0.15) is 0 Å². The maximum Gasteiger partial charge on any atom is 0.251 e. The Labute approximate surface area is 144 Å². The maximum absolute atomic E-state index is 12.2. The average molecular weight is 331 g/mol. The molecule has 2 rings (SSSR count). The van der Waals surface area contributed by atoms with Gasteiger partial charge >= 0.3 is 0 Å². The van der Waals surface area contributed by atoms with Gasteiger partial charge in [0.05, 0.1) is 6.54 Å². The summed E-state index contributed by atoms with van der Waals surface area (Å²) < 4.78 is 0. The molecule has 0 atom stereocenters. The first-order valence-corrected chi connectivity index (χ1v) is 8.78. The van der Waals surface area contributed by atoms with E-state index in [9.17, 15) is 9.59 Å². The van der Waals surface area contributed by atoms with Gasteiger partial charge < -0.3 is 10.6 Å². The predicted molar refractivity (Wildman–Crippen MR) is 97.2 cm³/mol. The Morgan fingerprint density at radius 2 is 1.75 bits per heavy atom. The SMILES string of the molecule is CC(C)(C)NC(=O)c1cccc(NC(=O)CN2CCCCCC2)c1. The predicted octanol–water partition coefficient (Wildman–Crippen LogP) is 3.03. The number of hydrogen-bond acceptors (Lipinski definition) is 3. The molecular weight excluding hydrogens is 302 g/mol. The first-order valence-electron chi connectivity index (χ1n) is 8.78. The number of benzene rings is 1. The summed E-state index contributed by atoms with van der Waals surface area (Å²) in [7, 11) is 0. The van der Waals surface area contributed by atoms with Gasteiger partial charge in [-0.25, -0.2) is 0 Å². The Morgan fingerprint density at radius 1 is 1.08 bits per heavy atom. The summed E-state index contributed by atoms with van der Waals surface area (Å²) in [5, 5.41) is 5.84. The van der Waals surface area contributed by atoms with Crippen LogP contribution in [0.1, 0.15) is 56.8 Å². The third-order valence-electron chi connectivity index (χ3n) is 3.96. The maximum atomic E-state index is 12.2. The van der Waals surface area contributed by atoms with Crippen LogP contribution < -0.4 is 10.6 Å². The van der Waals surface area contributed by atoms with Crippen LogP contribution in [-0.2, 0) is 4.79 Å². The Hall–Kier alpha value is -1.88. The molecule has 0 saturated carbocycles. The van der Waals surface area contributed by atoms with Crippen LogP contribution in [0, 0.1) is 0 Å². The lowest BCUT2D eigenvalue weighted by Gasteiger charge is -2.21. The zero-order valence-corrected chi connectivity index (χ0v) is 15.0. The van der Waals surface area contributed by atoms with Gasteiger partial charge in [-0.1, -0.05) is 18.9 Å². The summed E-state index contributed by atoms with van der Waals surface area (Å²) in [6.07, 6.45) is 4.83. The summed E-state index contributed by atoms with van der Waals surface area (Å²) in [4.78, 5) is 26.7. The number of hydrogen-bond donors (Lipinski definition) is 2. The molecule has 0 spiro atoms. The fourth-order valence-electron chi connectivity index (χ4n) is 2.85. The van der Waals surface area contributed by atoms with Gasteiger partial charge in [0.2, 0.25) is 5.91 Å². The highest BCUT2D eigenvalue weighted by atomic mass is 16.2. The molecule has 2 N–H and O–H groups in total. The second-order valence-corrected chi connectivity index (χ2v) is 7.52. The molecule has 1 fully saturated rings. The summed E-state index contributed by atoms with van der Waals surface area (Å²) in [6, 6.07) is 7.08. The van der Waals surface area contributed by atoms with E-state index in [1.165, 1.54) is 12.8 Å². The van der Waals surface area contributed by atoms with E-state index in [1.807, 2.05) is 26.8 Å². The highest BCUT2D eigenvalue weighted by Gasteiger charge is 2.16. The number of carbonyl (C=O) groups excluding carboxylic acids is 2. The van der Waals surface area contributed by atoms with E-state index in [1.54, 1.807) is 18.2 Å². The van der Waals surface area contributed by atoms with Crippen molar-refractivity contribution in [3.63, 3.8) is 0 Å². The van der Waals surface area contributed by atoms with E-state index in [4.69, 9.17) is 0 Å². The normalized spacial score (nSPS) is 16.3. The molecule has 1 saturated heterocycles. The van der Waals surface area contributed by atoms with Crippen molar-refractivity contribution < 1.29 is 9.59 Å². The van der Waals surface area contributed by atoms with Crippen molar-refractivity contribution in [1.29, 1.82) is 0 Å². The van der Waals surface area contributed by atoms with Crippen LogP contribution in [-0.4, -0.2) is 41.9 Å². The zero-order chi connectivity index (χ0) is 17.6. The van der Waals surface area contributed by atoms with Gasteiger partial charge in [-0.15, -0.1) is 0 Å². The molecule has 0 aromatic heterocycles. The molecule has 1 heterocycles. The van der Waals surface area contributed by atoms with Crippen LogP contribution in [0.5, 0.6) is 0 Å². The summed E-state index contributed by atoms with van der Waals surface area (Å²) in [6.45, 7) is 8.22. The first-order chi connectivity index (χ1) is 11.3. The number of amides is 2. The van der Waals surface area contributed by atoms with E-state index >= 15 is 0 Å². The molecule has 5 heteroatoms. The zero-order valence-electron chi connectivity index (χ0n) is 15.0. The van der Waals surface area contributed by atoms with Crippen LogP contribution in [0.25, 0.3) is 0 Å². The van der Waals surface area contributed by atoms with Crippen molar-refractivity contribution in [2.24, 2.45) is 0 Å². The van der Waals surface area contributed by atoms with Crippen molar-refractivity contribution >= 4 is 17.5 Å². The molecular formula is C19H29N3O2. The molecule has 5 nitrogen and oxygen atoms in total. The number of rotatable bonds is 4. The minimum absolute atomic E-state index is 0.0229. The Balaban J connectivity index is 1.93. The smallest absolute Gasteiger partial charge is 0.251 e. The fraction of sp³-hybridized carbons (Fsp3) is 0.579. The molecule has 1 aliphatic rings. The summed E-state index contributed by atoms with van der Waals surface area (Å²) in [5.74, 6) is -0.156. The standard InChI is InChI=1S/C19H29N3O2/c1-19(2,3)21-18(24)15-9-8-10-16(13-15)20-17(23)14-22-11-6-4-5-7-12-22/h8-10,13H,4-7,11-12,14H2,1-3H3,(H,20,23)(H,21,24). The third-order valence-corrected chi connectivity index (χ3v) is 3.96. The topological polar surface area (TPSA) is 61.4 Å². The van der Waals surface area contributed by atoms with E-state index < -0.39 is 0 Å². The lowest BCUT2D eigenvalue weighted by molar-refractivity contribution is -0.117. The lowest BCUT2D eigenvalue weighted by Crippen LogP contribution is -2.40. The molecule has 2 amide bonds. The van der Waals surface area contributed by atoms with Crippen LogP contribution >= 0.6 is 0 Å². The van der Waals surface area contributed by atoms with Gasteiger partial charge in [0, 0.05) is 16.8 Å². The molecule has 132 valence electrons. The molecule has 1 aromatic rings. The fourth-order valence-corrected chi connectivity index (χ4v) is 2.85. The second-order valence-electron chi connectivity index (χ2n) is 7.52. The Kier molecular flexibility index (Phi) is 6.37. The van der Waals surface area contributed by atoms with Gasteiger partial charge in [-0.05, 0) is 64.9 Å². The van der Waals surface area contributed by atoms with E-state index in [0.717, 1.165) is 25.9 Å². The summed E-state index contributed by atoms with van der Waals surface area (Å²) in [5.41, 5.74) is 0.928. The molecule has 24 heavy (non-hydrogen) atoms. The van der Waals surface area contributed by atoms with Gasteiger partial charge in [0.25, 0.3) is 5.91 Å². The van der Waals surface area contributed by atoms with Crippen LogP contribution in [0.3, 0.4) is 0 Å². The van der Waals surface area contributed by atoms with Crippen LogP contribution in [0.15, 0.2) is 24.3 Å². The Morgan fingerprint density at radius 3 is 2.38 bits per heavy atom. The number of nitrogens with zero attached hydrogens (tertiary/aromatic N) is 1. The molecule has 0 bridgehead atoms. The van der Waals surface area contributed by atoms with Gasteiger partial charge in [-0.2, -0.15) is 0 Å². The van der Waals surface area contributed by atoms with Crippen molar-refractivity contribution in [1.82, 2.24) is 10.2 Å². The highest BCUT2D eigenvalue weighted by molar-refractivity contribution is 5.97. The second kappa shape index (κ2) is 8.29. The number of nitrogens with one attached hydrogen (secondary N) is 2. The lowest BCUT2D eigenvalue weighted by atomic mass is 10.1. The monoisotopic (exact) mass is 331 g/mol. The Bertz CT molecular complexity index is 570. The molecule has 0 aliphatic carbocycles. The first kappa shape index (κ1) is 18.5. The number of likely N-dealkylation sites (tertiary alicyclic amines) is 1. The van der Waals surface area contributed by atoms with E-state index in [0.29, 0.717) is 17.8 Å². The van der Waals surface area contributed by atoms with Crippen molar-refractivity contribution in [2.75, 3.05) is 25.0 Å². The minimum Gasteiger partial charge on any atom is -0.347 e. The van der Waals surface area contributed by atoms with Crippen molar-refractivity contribution in [3.8, 4) is 0 Å². The number of anilines is 1. The number of carbonyl (C=O) groups is 2. The van der Waals surface area contributed by atoms with Gasteiger partial charge in [0.15, 0.2) is 0 Å². The van der Waals surface area contributed by atoms with E-state index in [2.05, 4.69) is 15.5 Å². The van der Waals surface area contributed by atoms with Gasteiger partial charge in [-0.3, -0.25) is 14.5 Å². The largest absolute Gasteiger partial charge is 0.347 e. The quantitative estimate of drug-likeness (QED) is 0.891. The third kappa shape index (κ3) is 6.32.